The fourth-order valence-electron chi connectivity index (χ4n) is 2.83. The predicted molar refractivity (Wildman–Crippen MR) is 106 cm³/mol. The van der Waals surface area contributed by atoms with Crippen LogP contribution in [0.4, 0.5) is 0 Å². The lowest BCUT2D eigenvalue weighted by atomic mass is 10.2. The Labute approximate surface area is 164 Å². The maximum Gasteiger partial charge on any atom is 0.199 e. The molecule has 0 saturated heterocycles. The Kier molecular flexibility index (Phi) is 6.80. The van der Waals surface area contributed by atoms with Crippen LogP contribution < -0.4 is 0 Å². The Morgan fingerprint density at radius 3 is 2.37 bits per heavy atom. The van der Waals surface area contributed by atoms with Crippen molar-refractivity contribution in [1.82, 2.24) is 29.2 Å². The van der Waals surface area contributed by atoms with E-state index in [-0.39, 0.29) is 0 Å². The van der Waals surface area contributed by atoms with Crippen molar-refractivity contribution in [3.63, 3.8) is 0 Å². The summed E-state index contributed by atoms with van der Waals surface area (Å²) in [6, 6.07) is 7.95. The molecule has 0 aliphatic heterocycles. The second-order valence-corrected chi connectivity index (χ2v) is 6.49. The molecule has 8 heteroatoms. The summed E-state index contributed by atoms with van der Waals surface area (Å²) in [4.78, 5) is 10.5. The number of nitrogens with zero attached hydrogens (tertiary/aromatic N) is 6. The van der Waals surface area contributed by atoms with E-state index in [1.54, 1.807) is 19.5 Å². The Bertz CT molecular complexity index is 894. The summed E-state index contributed by atoms with van der Waals surface area (Å²) in [5.74, 6) is 0.833. The number of rotatable bonds is 9. The summed E-state index contributed by atoms with van der Waals surface area (Å²) < 4.78 is 9.84. The first-order chi connectivity index (χ1) is 13.2. The number of ether oxygens (including phenoxy) is 1. The topological polar surface area (TPSA) is 61.0 Å². The van der Waals surface area contributed by atoms with E-state index in [1.165, 1.54) is 5.56 Å². The van der Waals surface area contributed by atoms with Gasteiger partial charge in [-0.1, -0.05) is 6.92 Å². The average Bonchev–Trinajstić information content (AvgIpc) is 3.02. The predicted octanol–water partition coefficient (Wildman–Crippen LogP) is 3.00. The lowest BCUT2D eigenvalue weighted by Gasteiger charge is -2.20. The SMILES string of the molecule is CCN(Cc1ccncc1)Cn1nc(-c2ccncc2)n(CCOC)c1=S. The van der Waals surface area contributed by atoms with Gasteiger partial charge in [-0.05, 0) is 48.6 Å². The molecule has 7 nitrogen and oxygen atoms in total. The van der Waals surface area contributed by atoms with Crippen molar-refractivity contribution in [2.45, 2.75) is 26.7 Å². The molecule has 142 valence electrons. The molecular formula is C19H24N6OS. The molecule has 0 amide bonds. The third-order valence-electron chi connectivity index (χ3n) is 4.32. The molecule has 0 N–H and O–H groups in total. The van der Waals surface area contributed by atoms with E-state index < -0.39 is 0 Å². The summed E-state index contributed by atoms with van der Waals surface area (Å²) in [7, 11) is 1.69. The van der Waals surface area contributed by atoms with Crippen LogP contribution in [0.1, 0.15) is 12.5 Å². The molecular weight excluding hydrogens is 360 g/mol. The summed E-state index contributed by atoms with van der Waals surface area (Å²) in [6.45, 7) is 5.69. The number of hydrogen-bond acceptors (Lipinski definition) is 6. The highest BCUT2D eigenvalue weighted by Crippen LogP contribution is 2.18. The molecule has 0 aliphatic rings. The van der Waals surface area contributed by atoms with Crippen molar-refractivity contribution in [1.29, 1.82) is 0 Å². The summed E-state index contributed by atoms with van der Waals surface area (Å²) in [6.07, 6.45) is 7.16. The highest BCUT2D eigenvalue weighted by atomic mass is 32.1. The zero-order chi connectivity index (χ0) is 19.1. The van der Waals surface area contributed by atoms with Gasteiger partial charge in [0.05, 0.1) is 19.8 Å². The van der Waals surface area contributed by atoms with E-state index in [0.29, 0.717) is 24.6 Å². The zero-order valence-corrected chi connectivity index (χ0v) is 16.5. The summed E-state index contributed by atoms with van der Waals surface area (Å²) >= 11 is 5.71. The van der Waals surface area contributed by atoms with Crippen LogP contribution in [0.3, 0.4) is 0 Å². The van der Waals surface area contributed by atoms with Gasteiger partial charge in [0.1, 0.15) is 0 Å². The summed E-state index contributed by atoms with van der Waals surface area (Å²) in [5, 5.41) is 4.80. The molecule has 3 heterocycles. The van der Waals surface area contributed by atoms with Crippen molar-refractivity contribution in [3.8, 4) is 11.4 Å². The molecule has 0 aliphatic carbocycles. The maximum atomic E-state index is 5.71. The van der Waals surface area contributed by atoms with E-state index in [1.807, 2.05) is 45.9 Å². The Balaban J connectivity index is 1.88. The van der Waals surface area contributed by atoms with Gasteiger partial charge in [-0.25, -0.2) is 4.68 Å². The van der Waals surface area contributed by atoms with Crippen molar-refractivity contribution in [3.05, 3.63) is 59.4 Å². The fourth-order valence-corrected chi connectivity index (χ4v) is 3.11. The summed E-state index contributed by atoms with van der Waals surface area (Å²) in [5.41, 5.74) is 2.20. The van der Waals surface area contributed by atoms with E-state index >= 15 is 0 Å². The lowest BCUT2D eigenvalue weighted by molar-refractivity contribution is 0.185. The third kappa shape index (κ3) is 4.85. The minimum atomic E-state index is 0.576. The van der Waals surface area contributed by atoms with E-state index in [4.69, 9.17) is 22.1 Å². The molecule has 0 spiro atoms. The number of hydrogen-bond donors (Lipinski definition) is 0. The maximum absolute atomic E-state index is 5.71. The lowest BCUT2D eigenvalue weighted by Crippen LogP contribution is -2.26. The van der Waals surface area contributed by atoms with E-state index in [0.717, 1.165) is 24.5 Å². The van der Waals surface area contributed by atoms with Crippen LogP contribution in [0.5, 0.6) is 0 Å². The zero-order valence-electron chi connectivity index (χ0n) is 15.7. The standard InChI is InChI=1S/C19H24N6OS/c1-3-23(14-16-4-8-20-9-5-16)15-25-19(27)24(12-13-26-2)18(22-25)17-6-10-21-11-7-17/h4-11H,3,12-15H2,1-2H3. The van der Waals surface area contributed by atoms with Crippen LogP contribution in [0.15, 0.2) is 49.1 Å². The van der Waals surface area contributed by atoms with Crippen molar-refractivity contribution < 1.29 is 4.74 Å². The molecule has 0 unspecified atom stereocenters. The second-order valence-electron chi connectivity index (χ2n) is 6.13. The second kappa shape index (κ2) is 9.50. The minimum Gasteiger partial charge on any atom is -0.383 e. The smallest absolute Gasteiger partial charge is 0.199 e. The monoisotopic (exact) mass is 384 g/mol. The van der Waals surface area contributed by atoms with E-state index in [2.05, 4.69) is 21.8 Å². The van der Waals surface area contributed by atoms with Crippen molar-refractivity contribution >= 4 is 12.2 Å². The number of methoxy groups -OCH3 is 1. The molecule has 0 saturated carbocycles. The first-order valence-corrected chi connectivity index (χ1v) is 9.32. The van der Waals surface area contributed by atoms with Gasteiger partial charge >= 0.3 is 0 Å². The van der Waals surface area contributed by atoms with Gasteiger partial charge in [-0.2, -0.15) is 5.10 Å². The molecule has 27 heavy (non-hydrogen) atoms. The molecule has 0 bridgehead atoms. The molecule has 0 fully saturated rings. The van der Waals surface area contributed by atoms with Crippen LogP contribution in [0, 0.1) is 4.77 Å². The largest absolute Gasteiger partial charge is 0.383 e. The van der Waals surface area contributed by atoms with E-state index in [9.17, 15) is 0 Å². The third-order valence-corrected chi connectivity index (χ3v) is 4.75. The van der Waals surface area contributed by atoms with Gasteiger partial charge in [0.2, 0.25) is 0 Å². The van der Waals surface area contributed by atoms with Gasteiger partial charge < -0.3 is 4.74 Å². The van der Waals surface area contributed by atoms with Gasteiger partial charge in [0.25, 0.3) is 0 Å². The van der Waals surface area contributed by atoms with Crippen LogP contribution in [0.2, 0.25) is 0 Å². The highest BCUT2D eigenvalue weighted by molar-refractivity contribution is 7.71. The first-order valence-electron chi connectivity index (χ1n) is 8.91. The number of pyridine rings is 2. The van der Waals surface area contributed by atoms with Crippen molar-refractivity contribution in [2.24, 2.45) is 0 Å². The Hall–Kier alpha value is -2.42. The van der Waals surface area contributed by atoms with Crippen LogP contribution >= 0.6 is 12.2 Å². The number of aromatic nitrogens is 5. The fraction of sp³-hybridized carbons (Fsp3) is 0.368. The highest BCUT2D eigenvalue weighted by Gasteiger charge is 2.14. The molecule has 0 aromatic carbocycles. The molecule has 0 atom stereocenters. The molecule has 3 aromatic rings. The Morgan fingerprint density at radius 2 is 1.74 bits per heavy atom. The molecule has 0 radical (unpaired) electrons. The minimum absolute atomic E-state index is 0.576. The first kappa shape index (κ1) is 19.3. The van der Waals surface area contributed by atoms with Crippen LogP contribution in [-0.4, -0.2) is 49.5 Å². The van der Waals surface area contributed by atoms with Crippen LogP contribution in [-0.2, 0) is 24.5 Å². The normalized spacial score (nSPS) is 11.2. The Morgan fingerprint density at radius 1 is 1.07 bits per heavy atom. The molecule has 3 rings (SSSR count). The van der Waals surface area contributed by atoms with Crippen molar-refractivity contribution in [2.75, 3.05) is 20.3 Å². The average molecular weight is 385 g/mol. The quantitative estimate of drug-likeness (QED) is 0.529. The van der Waals surface area contributed by atoms with Gasteiger partial charge in [0, 0.05) is 44.0 Å². The van der Waals surface area contributed by atoms with Gasteiger partial charge in [-0.15, -0.1) is 0 Å². The van der Waals surface area contributed by atoms with Crippen LogP contribution in [0.25, 0.3) is 11.4 Å². The van der Waals surface area contributed by atoms with Gasteiger partial charge in [0.15, 0.2) is 10.6 Å². The molecule has 3 aromatic heterocycles. The van der Waals surface area contributed by atoms with Gasteiger partial charge in [-0.3, -0.25) is 19.4 Å².